The molecule has 9 nitrogen and oxygen atoms in total. The Morgan fingerprint density at radius 3 is 2.36 bits per heavy atom. The molecular formula is C29H35N3O6S. The molecule has 2 aromatic carbocycles. The molecule has 1 aromatic heterocycles. The highest BCUT2D eigenvalue weighted by atomic mass is 32.2. The van der Waals surface area contributed by atoms with E-state index < -0.39 is 38.9 Å². The number of aromatic nitrogens is 1. The quantitative estimate of drug-likeness (QED) is 0.327. The largest absolute Gasteiger partial charge is 0.434 e. The second-order valence-electron chi connectivity index (χ2n) is 10.4. The van der Waals surface area contributed by atoms with Crippen LogP contribution in [0.3, 0.4) is 0 Å². The molecule has 1 aliphatic heterocycles. The van der Waals surface area contributed by atoms with Crippen LogP contribution in [0, 0.1) is 0 Å². The van der Waals surface area contributed by atoms with Gasteiger partial charge in [-0.2, -0.15) is 0 Å². The van der Waals surface area contributed by atoms with Gasteiger partial charge in [-0.15, -0.1) is 0 Å². The van der Waals surface area contributed by atoms with Gasteiger partial charge in [-0.1, -0.05) is 48.9 Å². The summed E-state index contributed by atoms with van der Waals surface area (Å²) in [6, 6.07) is 14.8. The molecule has 2 heterocycles. The Hall–Kier alpha value is -3.08. The van der Waals surface area contributed by atoms with E-state index in [2.05, 4.69) is 15.6 Å². The first-order valence-corrected chi connectivity index (χ1v) is 15.4. The Morgan fingerprint density at radius 2 is 1.67 bits per heavy atom. The number of hydrogen-bond acceptors (Lipinski definition) is 8. The van der Waals surface area contributed by atoms with E-state index in [1.165, 1.54) is 0 Å². The normalized spacial score (nSPS) is 18.4. The van der Waals surface area contributed by atoms with Crippen LogP contribution >= 0.6 is 0 Å². The van der Waals surface area contributed by atoms with Gasteiger partial charge in [0.15, 0.2) is 15.4 Å². The van der Waals surface area contributed by atoms with Gasteiger partial charge in [0, 0.05) is 19.3 Å². The summed E-state index contributed by atoms with van der Waals surface area (Å²) in [5, 5.41) is 5.74. The number of para-hydroxylation sites is 2. The summed E-state index contributed by atoms with van der Waals surface area (Å²) in [6.07, 6.45) is 4.37. The summed E-state index contributed by atoms with van der Waals surface area (Å²) in [4.78, 5) is 31.6. The Labute approximate surface area is 228 Å². The maximum Gasteiger partial charge on any atom is 0.266 e. The fourth-order valence-electron chi connectivity index (χ4n) is 5.07. The molecule has 1 aliphatic carbocycles. The lowest BCUT2D eigenvalue weighted by Gasteiger charge is -2.31. The van der Waals surface area contributed by atoms with Gasteiger partial charge in [-0.25, -0.2) is 13.4 Å². The van der Waals surface area contributed by atoms with Crippen LogP contribution < -0.4 is 10.6 Å². The number of oxazole rings is 1. The summed E-state index contributed by atoms with van der Waals surface area (Å²) in [7, 11) is -3.47. The lowest BCUT2D eigenvalue weighted by Crippen LogP contribution is -2.56. The molecule has 1 saturated carbocycles. The van der Waals surface area contributed by atoms with Gasteiger partial charge < -0.3 is 19.8 Å². The number of nitrogens with one attached hydrogen (secondary N) is 2. The molecule has 208 valence electrons. The van der Waals surface area contributed by atoms with Crippen molar-refractivity contribution in [3.05, 3.63) is 66.1 Å². The van der Waals surface area contributed by atoms with Crippen LogP contribution in [0.15, 0.2) is 59.0 Å². The fraction of sp³-hybridized carbons (Fsp3) is 0.483. The second-order valence-corrected chi connectivity index (χ2v) is 12.8. The number of carbonyl (C=O) groups excluding carboxylic acids is 2. The lowest BCUT2D eigenvalue weighted by molar-refractivity contribution is -0.123. The van der Waals surface area contributed by atoms with Gasteiger partial charge in [0.2, 0.25) is 11.7 Å². The van der Waals surface area contributed by atoms with E-state index in [1.54, 1.807) is 18.2 Å². The first-order valence-electron chi connectivity index (χ1n) is 13.7. The van der Waals surface area contributed by atoms with E-state index in [9.17, 15) is 18.0 Å². The molecule has 39 heavy (non-hydrogen) atoms. The third kappa shape index (κ3) is 6.93. The van der Waals surface area contributed by atoms with Crippen molar-refractivity contribution in [1.29, 1.82) is 0 Å². The van der Waals surface area contributed by atoms with Crippen LogP contribution in [-0.4, -0.2) is 67.4 Å². The molecule has 2 fully saturated rings. The maximum absolute atomic E-state index is 13.7. The highest BCUT2D eigenvalue weighted by molar-refractivity contribution is 7.92. The van der Waals surface area contributed by atoms with Crippen LogP contribution in [0.2, 0.25) is 0 Å². The van der Waals surface area contributed by atoms with Crippen LogP contribution in [0.4, 0.5) is 0 Å². The Kier molecular flexibility index (Phi) is 8.74. The van der Waals surface area contributed by atoms with Crippen LogP contribution in [-0.2, 0) is 25.8 Å². The van der Waals surface area contributed by atoms with Gasteiger partial charge in [-0.05, 0) is 56.2 Å². The van der Waals surface area contributed by atoms with E-state index >= 15 is 0 Å². The van der Waals surface area contributed by atoms with Gasteiger partial charge >= 0.3 is 0 Å². The molecule has 0 spiro atoms. The topological polar surface area (TPSA) is 128 Å². The van der Waals surface area contributed by atoms with Gasteiger partial charge in [0.1, 0.15) is 11.6 Å². The fourth-order valence-corrected chi connectivity index (χ4v) is 7.11. The summed E-state index contributed by atoms with van der Waals surface area (Å²) in [5.74, 6) is -1.33. The summed E-state index contributed by atoms with van der Waals surface area (Å²) in [5.41, 5.74) is 2.06. The molecule has 5 rings (SSSR count). The number of hydrogen-bond donors (Lipinski definition) is 2. The van der Waals surface area contributed by atoms with Crippen LogP contribution in [0.1, 0.15) is 54.8 Å². The molecule has 3 aromatic rings. The van der Waals surface area contributed by atoms with Gasteiger partial charge in [0.05, 0.1) is 17.0 Å². The predicted octanol–water partition coefficient (Wildman–Crippen LogP) is 3.23. The number of nitrogens with zero attached hydrogens (tertiary/aromatic N) is 1. The minimum absolute atomic E-state index is 0.0402. The highest BCUT2D eigenvalue weighted by Crippen LogP contribution is 2.27. The van der Waals surface area contributed by atoms with Crippen molar-refractivity contribution in [1.82, 2.24) is 15.6 Å². The molecule has 1 saturated heterocycles. The SMILES string of the molecule is O=C(N[C@@H](CCc1ccccc1)C(=O)c1nc2ccccc2o1)C(CS(=O)(=O)C1CCC1)NC1CCOCC1. The van der Waals surface area contributed by atoms with Crippen molar-refractivity contribution in [2.75, 3.05) is 19.0 Å². The monoisotopic (exact) mass is 553 g/mol. The van der Waals surface area contributed by atoms with Crippen molar-refractivity contribution in [3.63, 3.8) is 0 Å². The average molecular weight is 554 g/mol. The molecule has 2 aliphatic rings. The average Bonchev–Trinajstić information content (AvgIpc) is 3.34. The molecule has 2 N–H and O–H groups in total. The second kappa shape index (κ2) is 12.4. The molecule has 1 amide bonds. The molecule has 2 atom stereocenters. The predicted molar refractivity (Wildman–Crippen MR) is 147 cm³/mol. The van der Waals surface area contributed by atoms with E-state index in [0.29, 0.717) is 62.8 Å². The van der Waals surface area contributed by atoms with Crippen molar-refractivity contribution in [3.8, 4) is 0 Å². The third-order valence-electron chi connectivity index (χ3n) is 7.64. The summed E-state index contributed by atoms with van der Waals surface area (Å²) >= 11 is 0. The number of aryl methyl sites for hydroxylation is 1. The number of benzene rings is 2. The van der Waals surface area contributed by atoms with E-state index in [-0.39, 0.29) is 17.7 Å². The van der Waals surface area contributed by atoms with E-state index in [4.69, 9.17) is 9.15 Å². The van der Waals surface area contributed by atoms with Crippen LogP contribution in [0.5, 0.6) is 0 Å². The number of amides is 1. The van der Waals surface area contributed by atoms with Crippen molar-refractivity contribution in [2.45, 2.75) is 68.3 Å². The van der Waals surface area contributed by atoms with Crippen molar-refractivity contribution < 1.29 is 27.2 Å². The van der Waals surface area contributed by atoms with Crippen molar-refractivity contribution >= 4 is 32.6 Å². The molecule has 1 unspecified atom stereocenters. The number of rotatable bonds is 12. The number of ether oxygens (including phenoxy) is 1. The molecule has 0 radical (unpaired) electrons. The Balaban J connectivity index is 1.37. The number of ketones is 1. The third-order valence-corrected chi connectivity index (χ3v) is 9.92. The number of fused-ring (bicyclic) bond motifs is 1. The Bertz CT molecular complexity index is 1350. The van der Waals surface area contributed by atoms with E-state index in [1.807, 2.05) is 36.4 Å². The maximum atomic E-state index is 13.7. The van der Waals surface area contributed by atoms with Crippen LogP contribution in [0.25, 0.3) is 11.1 Å². The minimum atomic E-state index is -3.47. The highest BCUT2D eigenvalue weighted by Gasteiger charge is 2.37. The number of sulfone groups is 1. The van der Waals surface area contributed by atoms with Gasteiger partial charge in [-0.3, -0.25) is 9.59 Å². The van der Waals surface area contributed by atoms with E-state index in [0.717, 1.165) is 12.0 Å². The lowest BCUT2D eigenvalue weighted by atomic mass is 10.00. The van der Waals surface area contributed by atoms with Crippen molar-refractivity contribution in [2.24, 2.45) is 0 Å². The smallest absolute Gasteiger partial charge is 0.266 e. The summed E-state index contributed by atoms with van der Waals surface area (Å²) < 4.78 is 37.3. The van der Waals surface area contributed by atoms with Gasteiger partial charge in [0.25, 0.3) is 5.89 Å². The molecular weight excluding hydrogens is 518 g/mol. The zero-order valence-corrected chi connectivity index (χ0v) is 22.7. The zero-order valence-electron chi connectivity index (χ0n) is 21.9. The first kappa shape index (κ1) is 27.5. The first-order chi connectivity index (χ1) is 18.9. The molecule has 0 bridgehead atoms. The Morgan fingerprint density at radius 1 is 0.949 bits per heavy atom. The number of carbonyl (C=O) groups is 2. The number of Topliss-reactive ketones (excluding diaryl/α,β-unsaturated/α-hetero) is 1. The molecule has 10 heteroatoms. The standard InChI is InChI=1S/C29H35N3O6S/c33-27(29-32-23-11-4-5-12-26(23)38-29)24(14-13-20-7-2-1-3-8-20)31-28(34)25(30-21-15-17-37-18-16-21)19-39(35,36)22-9-6-10-22/h1-5,7-8,11-12,21-22,24-25,30H,6,9-10,13-19H2,(H,31,34)/t24-,25?/m0/s1. The summed E-state index contributed by atoms with van der Waals surface area (Å²) in [6.45, 7) is 1.11. The minimum Gasteiger partial charge on any atom is -0.434 e. The zero-order chi connectivity index (χ0) is 27.2.